The van der Waals surface area contributed by atoms with Crippen LogP contribution in [0.3, 0.4) is 0 Å². The third-order valence-electron chi connectivity index (χ3n) is 3.10. The number of rotatable bonds is 7. The van der Waals surface area contributed by atoms with Gasteiger partial charge in [-0.1, -0.05) is 0 Å². The van der Waals surface area contributed by atoms with Gasteiger partial charge in [0.25, 0.3) is 5.95 Å². The van der Waals surface area contributed by atoms with Crippen molar-refractivity contribution < 1.29 is 0 Å². The average Bonchev–Trinajstić information content (AvgIpc) is 2.99. The van der Waals surface area contributed by atoms with E-state index in [-0.39, 0.29) is 0 Å². The van der Waals surface area contributed by atoms with Gasteiger partial charge in [-0.3, -0.25) is 0 Å². The van der Waals surface area contributed by atoms with Crippen LogP contribution in [0.1, 0.15) is 13.8 Å². The van der Waals surface area contributed by atoms with Crippen molar-refractivity contribution in [1.82, 2.24) is 29.6 Å². The monoisotopic (exact) mass is 290 g/mol. The van der Waals surface area contributed by atoms with Gasteiger partial charge in [0.1, 0.15) is 0 Å². The summed E-state index contributed by atoms with van der Waals surface area (Å²) in [5, 5.41) is 10.5. The molecule has 2 aromatic heterocycles. The van der Waals surface area contributed by atoms with Gasteiger partial charge in [-0.25, -0.2) is 4.68 Å². The molecule has 0 aliphatic heterocycles. The predicted molar refractivity (Wildman–Crippen MR) is 82.8 cm³/mol. The van der Waals surface area contributed by atoms with Gasteiger partial charge in [0.15, 0.2) is 0 Å². The van der Waals surface area contributed by atoms with Gasteiger partial charge in [-0.15, -0.1) is 0 Å². The van der Waals surface area contributed by atoms with Crippen molar-refractivity contribution >= 4 is 11.9 Å². The summed E-state index contributed by atoms with van der Waals surface area (Å²) in [4.78, 5) is 15.2. The Balaban J connectivity index is 2.19. The normalized spacial score (nSPS) is 12.4. The highest BCUT2D eigenvalue weighted by Crippen LogP contribution is 2.09. The predicted octanol–water partition coefficient (Wildman–Crippen LogP) is 0.851. The molecule has 114 valence electrons. The Labute approximate surface area is 124 Å². The molecule has 21 heavy (non-hydrogen) atoms. The topological polar surface area (TPSA) is 83.8 Å². The maximum Gasteiger partial charge on any atom is 0.257 e. The fourth-order valence-corrected chi connectivity index (χ4v) is 1.59. The minimum Gasteiger partial charge on any atom is -0.354 e. The lowest BCUT2D eigenvalue weighted by Crippen LogP contribution is -2.32. The van der Waals surface area contributed by atoms with Crippen molar-refractivity contribution in [3.8, 4) is 5.95 Å². The van der Waals surface area contributed by atoms with Crippen LogP contribution in [0.5, 0.6) is 0 Å². The third kappa shape index (κ3) is 4.12. The Morgan fingerprint density at radius 1 is 1.19 bits per heavy atom. The Bertz CT molecular complexity index is 551. The highest BCUT2D eigenvalue weighted by atomic mass is 15.4. The van der Waals surface area contributed by atoms with Crippen molar-refractivity contribution in [1.29, 1.82) is 0 Å². The number of likely N-dealkylation sites (N-methyl/N-ethyl adjacent to an activating group) is 1. The molecule has 2 rings (SSSR count). The van der Waals surface area contributed by atoms with E-state index in [2.05, 4.69) is 42.5 Å². The molecule has 0 aliphatic carbocycles. The zero-order valence-corrected chi connectivity index (χ0v) is 12.9. The molecule has 2 aromatic rings. The first-order valence-corrected chi connectivity index (χ1v) is 7.00. The highest BCUT2D eigenvalue weighted by Gasteiger charge is 2.10. The first-order valence-electron chi connectivity index (χ1n) is 7.00. The summed E-state index contributed by atoms with van der Waals surface area (Å²) in [7, 11) is 4.08. The molecule has 0 radical (unpaired) electrons. The van der Waals surface area contributed by atoms with Crippen LogP contribution in [0.2, 0.25) is 0 Å². The molecule has 2 N–H and O–H groups in total. The Morgan fingerprint density at radius 3 is 2.48 bits per heavy atom. The van der Waals surface area contributed by atoms with E-state index in [4.69, 9.17) is 0 Å². The standard InChI is InChI=1S/C13H22N8/c1-5-14-11-17-12(15-9-10(2)20(3)4)19-13(18-11)21-8-6-7-16-21/h6-8,10H,5,9H2,1-4H3,(H2,14,15,17,18,19). The number of anilines is 2. The third-order valence-corrected chi connectivity index (χ3v) is 3.10. The van der Waals surface area contributed by atoms with Crippen molar-refractivity contribution in [2.24, 2.45) is 0 Å². The lowest BCUT2D eigenvalue weighted by molar-refractivity contribution is 0.325. The highest BCUT2D eigenvalue weighted by molar-refractivity contribution is 5.37. The van der Waals surface area contributed by atoms with Crippen molar-refractivity contribution in [3.05, 3.63) is 18.5 Å². The van der Waals surface area contributed by atoms with Crippen LogP contribution < -0.4 is 10.6 Å². The maximum atomic E-state index is 4.40. The van der Waals surface area contributed by atoms with E-state index >= 15 is 0 Å². The second-order valence-electron chi connectivity index (χ2n) is 4.96. The van der Waals surface area contributed by atoms with Gasteiger partial charge in [0.2, 0.25) is 11.9 Å². The number of nitrogens with zero attached hydrogens (tertiary/aromatic N) is 6. The summed E-state index contributed by atoms with van der Waals surface area (Å²) >= 11 is 0. The molecule has 0 saturated heterocycles. The zero-order chi connectivity index (χ0) is 15.2. The summed E-state index contributed by atoms with van der Waals surface area (Å²) in [6.45, 7) is 5.63. The van der Waals surface area contributed by atoms with Crippen LogP contribution in [0.4, 0.5) is 11.9 Å². The molecular formula is C13H22N8. The van der Waals surface area contributed by atoms with Crippen LogP contribution >= 0.6 is 0 Å². The van der Waals surface area contributed by atoms with Crippen LogP contribution in [0.25, 0.3) is 5.95 Å². The first kappa shape index (κ1) is 15.2. The molecule has 0 amide bonds. The minimum atomic E-state index is 0.373. The zero-order valence-electron chi connectivity index (χ0n) is 12.9. The van der Waals surface area contributed by atoms with E-state index in [9.17, 15) is 0 Å². The molecule has 0 fully saturated rings. The lowest BCUT2D eigenvalue weighted by atomic mass is 10.3. The first-order chi connectivity index (χ1) is 10.1. The Kier molecular flexibility index (Phi) is 5.04. The molecule has 0 aromatic carbocycles. The number of aromatic nitrogens is 5. The second-order valence-corrected chi connectivity index (χ2v) is 4.96. The van der Waals surface area contributed by atoms with E-state index < -0.39 is 0 Å². The summed E-state index contributed by atoms with van der Waals surface area (Å²) < 4.78 is 1.61. The van der Waals surface area contributed by atoms with Crippen molar-refractivity contribution in [3.63, 3.8) is 0 Å². The fourth-order valence-electron chi connectivity index (χ4n) is 1.59. The maximum absolute atomic E-state index is 4.40. The van der Waals surface area contributed by atoms with Crippen LogP contribution in [0.15, 0.2) is 18.5 Å². The molecular weight excluding hydrogens is 268 g/mol. The van der Waals surface area contributed by atoms with Gasteiger partial charge in [-0.2, -0.15) is 20.1 Å². The SMILES string of the molecule is CCNc1nc(NCC(C)N(C)C)nc(-n2cccn2)n1. The minimum absolute atomic E-state index is 0.373. The van der Waals surface area contributed by atoms with Crippen molar-refractivity contribution in [2.75, 3.05) is 37.8 Å². The van der Waals surface area contributed by atoms with Gasteiger partial charge in [-0.05, 0) is 34.0 Å². The smallest absolute Gasteiger partial charge is 0.257 e. The molecule has 1 unspecified atom stereocenters. The molecule has 0 aliphatic rings. The average molecular weight is 290 g/mol. The van der Waals surface area contributed by atoms with Crippen LogP contribution in [-0.2, 0) is 0 Å². The molecule has 0 saturated carbocycles. The fraction of sp³-hybridized carbons (Fsp3) is 0.538. The molecule has 8 nitrogen and oxygen atoms in total. The Morgan fingerprint density at radius 2 is 1.90 bits per heavy atom. The molecule has 2 heterocycles. The van der Waals surface area contributed by atoms with E-state index in [1.165, 1.54) is 0 Å². The quantitative estimate of drug-likeness (QED) is 0.782. The summed E-state index contributed by atoms with van der Waals surface area (Å²) in [5.41, 5.74) is 0. The Hall–Kier alpha value is -2.22. The van der Waals surface area contributed by atoms with E-state index in [1.54, 1.807) is 17.1 Å². The van der Waals surface area contributed by atoms with E-state index in [1.807, 2.05) is 27.1 Å². The van der Waals surface area contributed by atoms with Gasteiger partial charge in [0, 0.05) is 31.5 Å². The lowest BCUT2D eigenvalue weighted by Gasteiger charge is -2.20. The molecule has 0 spiro atoms. The number of nitrogens with one attached hydrogen (secondary N) is 2. The largest absolute Gasteiger partial charge is 0.354 e. The summed E-state index contributed by atoms with van der Waals surface area (Å²) in [6, 6.07) is 2.20. The molecule has 8 heteroatoms. The number of hydrogen-bond donors (Lipinski definition) is 2. The summed E-state index contributed by atoms with van der Waals surface area (Å²) in [6.07, 6.45) is 3.50. The van der Waals surface area contributed by atoms with E-state index in [0.29, 0.717) is 23.9 Å². The van der Waals surface area contributed by atoms with Crippen molar-refractivity contribution in [2.45, 2.75) is 19.9 Å². The van der Waals surface area contributed by atoms with E-state index in [0.717, 1.165) is 13.1 Å². The molecule has 1 atom stereocenters. The van der Waals surface area contributed by atoms with Crippen LogP contribution in [-0.4, -0.2) is 62.9 Å². The van der Waals surface area contributed by atoms with Crippen LogP contribution in [0, 0.1) is 0 Å². The second kappa shape index (κ2) is 6.98. The molecule has 0 bridgehead atoms. The summed E-state index contributed by atoms with van der Waals surface area (Å²) in [5.74, 6) is 1.57. The van der Waals surface area contributed by atoms with Gasteiger partial charge < -0.3 is 15.5 Å². The van der Waals surface area contributed by atoms with Gasteiger partial charge >= 0.3 is 0 Å². The number of hydrogen-bond acceptors (Lipinski definition) is 7. The van der Waals surface area contributed by atoms with Gasteiger partial charge in [0.05, 0.1) is 0 Å².